The van der Waals surface area contributed by atoms with Gasteiger partial charge in [-0.05, 0) is 26.3 Å². The summed E-state index contributed by atoms with van der Waals surface area (Å²) in [5.41, 5.74) is 5.24. The molecule has 1 atom stereocenters. The van der Waals surface area contributed by atoms with E-state index in [1.54, 1.807) is 0 Å². The fourth-order valence-electron chi connectivity index (χ4n) is 1.31. The van der Waals surface area contributed by atoms with Gasteiger partial charge in [0.2, 0.25) is 5.91 Å². The van der Waals surface area contributed by atoms with E-state index in [2.05, 4.69) is 6.92 Å². The molecule has 0 aliphatic heterocycles. The van der Waals surface area contributed by atoms with Gasteiger partial charge in [0.05, 0.1) is 6.04 Å². The first-order valence-electron chi connectivity index (χ1n) is 5.27. The van der Waals surface area contributed by atoms with Crippen molar-refractivity contribution in [3.8, 4) is 0 Å². The molecule has 0 radical (unpaired) electrons. The number of amides is 1. The molecule has 0 aliphatic carbocycles. The van der Waals surface area contributed by atoms with Crippen LogP contribution in [0.4, 0.5) is 0 Å². The van der Waals surface area contributed by atoms with Gasteiger partial charge in [-0.1, -0.05) is 13.3 Å². The molecule has 0 aromatic heterocycles. The number of aliphatic hydroxyl groups excluding tert-OH is 1. The van der Waals surface area contributed by atoms with Crippen molar-refractivity contribution in [1.82, 2.24) is 4.90 Å². The first-order valence-corrected chi connectivity index (χ1v) is 5.27. The summed E-state index contributed by atoms with van der Waals surface area (Å²) in [4.78, 5) is 13.0. The highest BCUT2D eigenvalue weighted by Gasteiger charge is 2.17. The minimum absolute atomic E-state index is 0.161. The van der Waals surface area contributed by atoms with E-state index in [0.717, 1.165) is 25.9 Å². The van der Waals surface area contributed by atoms with Crippen molar-refractivity contribution < 1.29 is 9.90 Å². The number of hydrogen-bond donors (Lipinski definition) is 2. The number of nitrogens with zero attached hydrogens (tertiary/aromatic N) is 1. The number of nitrogens with two attached hydrogens (primary N) is 1. The number of unbranched alkanes of at least 4 members (excludes halogenated alkanes) is 1. The molecule has 4 heteroatoms. The van der Waals surface area contributed by atoms with E-state index in [1.165, 1.54) is 0 Å². The predicted molar refractivity (Wildman–Crippen MR) is 56.8 cm³/mol. The highest BCUT2D eigenvalue weighted by atomic mass is 16.3. The second-order valence-corrected chi connectivity index (χ2v) is 3.55. The van der Waals surface area contributed by atoms with Crippen molar-refractivity contribution in [2.75, 3.05) is 19.7 Å². The van der Waals surface area contributed by atoms with Gasteiger partial charge in [-0.25, -0.2) is 0 Å². The maximum Gasteiger partial charge on any atom is 0.234 e. The van der Waals surface area contributed by atoms with Crippen molar-refractivity contribution in [2.45, 2.75) is 39.2 Å². The molecular formula is C10H22N2O2. The average Bonchev–Trinajstić information content (AvgIpc) is 2.17. The molecule has 84 valence electrons. The minimum atomic E-state index is -0.293. The summed E-state index contributed by atoms with van der Waals surface area (Å²) in [5.74, 6) is -0.293. The van der Waals surface area contributed by atoms with Gasteiger partial charge < -0.3 is 10.8 Å². The maximum atomic E-state index is 11.0. The molecule has 0 rings (SSSR count). The van der Waals surface area contributed by atoms with E-state index in [1.807, 2.05) is 11.8 Å². The van der Waals surface area contributed by atoms with Crippen molar-refractivity contribution in [2.24, 2.45) is 5.73 Å². The fraction of sp³-hybridized carbons (Fsp3) is 0.900. The molecular weight excluding hydrogens is 180 g/mol. The van der Waals surface area contributed by atoms with Crippen LogP contribution in [0, 0.1) is 0 Å². The lowest BCUT2D eigenvalue weighted by Gasteiger charge is -2.26. The van der Waals surface area contributed by atoms with E-state index < -0.39 is 0 Å². The zero-order valence-corrected chi connectivity index (χ0v) is 9.20. The van der Waals surface area contributed by atoms with Gasteiger partial charge in [-0.2, -0.15) is 0 Å². The molecule has 0 aromatic rings. The average molecular weight is 202 g/mol. The summed E-state index contributed by atoms with van der Waals surface area (Å²) in [7, 11) is 0. The third kappa shape index (κ3) is 5.19. The zero-order valence-electron chi connectivity index (χ0n) is 9.20. The minimum Gasteiger partial charge on any atom is -0.396 e. The summed E-state index contributed by atoms with van der Waals surface area (Å²) < 4.78 is 0. The monoisotopic (exact) mass is 202 g/mol. The lowest BCUT2D eigenvalue weighted by atomic mass is 10.2. The SMILES string of the molecule is CCCCN(CCCO)C(C)C(N)=O. The van der Waals surface area contributed by atoms with Gasteiger partial charge in [0.25, 0.3) is 0 Å². The standard InChI is InChI=1S/C10H22N2O2/c1-3-4-6-12(7-5-8-13)9(2)10(11)14/h9,13H,3-8H2,1-2H3,(H2,11,14). The highest BCUT2D eigenvalue weighted by molar-refractivity contribution is 5.79. The Bertz CT molecular complexity index is 154. The number of rotatable bonds is 8. The van der Waals surface area contributed by atoms with E-state index in [4.69, 9.17) is 10.8 Å². The Morgan fingerprint density at radius 2 is 2.00 bits per heavy atom. The number of carbonyl (C=O) groups excluding carboxylic acids is 1. The quantitative estimate of drug-likeness (QED) is 0.596. The van der Waals surface area contributed by atoms with Gasteiger partial charge in [0.15, 0.2) is 0 Å². The fourth-order valence-corrected chi connectivity index (χ4v) is 1.31. The van der Waals surface area contributed by atoms with E-state index in [9.17, 15) is 4.79 Å². The van der Waals surface area contributed by atoms with Crippen LogP contribution in [-0.4, -0.2) is 41.7 Å². The lowest BCUT2D eigenvalue weighted by molar-refractivity contribution is -0.122. The number of primary amides is 1. The number of hydrogen-bond acceptors (Lipinski definition) is 3. The first kappa shape index (κ1) is 13.4. The third-order valence-electron chi connectivity index (χ3n) is 2.36. The molecule has 4 nitrogen and oxygen atoms in total. The molecule has 0 heterocycles. The van der Waals surface area contributed by atoms with Gasteiger partial charge in [0, 0.05) is 13.2 Å². The van der Waals surface area contributed by atoms with E-state index in [0.29, 0.717) is 6.42 Å². The van der Waals surface area contributed by atoms with Crippen molar-refractivity contribution in [1.29, 1.82) is 0 Å². The summed E-state index contributed by atoms with van der Waals surface area (Å²) in [6.07, 6.45) is 2.85. The molecule has 3 N–H and O–H groups in total. The summed E-state index contributed by atoms with van der Waals surface area (Å²) in [6.45, 7) is 5.70. The molecule has 0 aliphatic rings. The Balaban J connectivity index is 4.01. The van der Waals surface area contributed by atoms with Crippen molar-refractivity contribution in [3.05, 3.63) is 0 Å². The predicted octanol–water partition coefficient (Wildman–Crippen LogP) is 0.345. The van der Waals surface area contributed by atoms with Crippen molar-refractivity contribution in [3.63, 3.8) is 0 Å². The Kier molecular flexibility index (Phi) is 7.42. The molecule has 0 bridgehead atoms. The normalized spacial score (nSPS) is 13.1. The molecule has 0 saturated heterocycles. The van der Waals surface area contributed by atoms with Crippen LogP contribution in [-0.2, 0) is 4.79 Å². The molecule has 1 unspecified atom stereocenters. The molecule has 14 heavy (non-hydrogen) atoms. The summed E-state index contributed by atoms with van der Waals surface area (Å²) in [5, 5.41) is 8.72. The van der Waals surface area contributed by atoms with Gasteiger partial charge in [0.1, 0.15) is 0 Å². The number of aliphatic hydroxyl groups is 1. The smallest absolute Gasteiger partial charge is 0.234 e. The van der Waals surface area contributed by atoms with Crippen LogP contribution in [0.1, 0.15) is 33.1 Å². The van der Waals surface area contributed by atoms with E-state index in [-0.39, 0.29) is 18.6 Å². The second-order valence-electron chi connectivity index (χ2n) is 3.55. The Labute approximate surface area is 86.1 Å². The van der Waals surface area contributed by atoms with E-state index >= 15 is 0 Å². The first-order chi connectivity index (χ1) is 6.63. The summed E-state index contributed by atoms with van der Waals surface area (Å²) in [6, 6.07) is -0.229. The Hall–Kier alpha value is -0.610. The maximum absolute atomic E-state index is 11.0. The largest absolute Gasteiger partial charge is 0.396 e. The molecule has 0 saturated carbocycles. The zero-order chi connectivity index (χ0) is 11.0. The lowest BCUT2D eigenvalue weighted by Crippen LogP contribution is -2.43. The van der Waals surface area contributed by atoms with Gasteiger partial charge in [-0.15, -0.1) is 0 Å². The highest BCUT2D eigenvalue weighted by Crippen LogP contribution is 2.02. The van der Waals surface area contributed by atoms with Crippen LogP contribution in [0.15, 0.2) is 0 Å². The van der Waals surface area contributed by atoms with Gasteiger partial charge >= 0.3 is 0 Å². The second kappa shape index (κ2) is 7.76. The van der Waals surface area contributed by atoms with Crippen LogP contribution in [0.3, 0.4) is 0 Å². The van der Waals surface area contributed by atoms with Crippen LogP contribution in [0.2, 0.25) is 0 Å². The Morgan fingerprint density at radius 3 is 2.43 bits per heavy atom. The van der Waals surface area contributed by atoms with Crippen LogP contribution >= 0.6 is 0 Å². The van der Waals surface area contributed by atoms with Crippen LogP contribution in [0.25, 0.3) is 0 Å². The Morgan fingerprint density at radius 1 is 1.43 bits per heavy atom. The summed E-state index contributed by atoms with van der Waals surface area (Å²) >= 11 is 0. The molecule has 1 amide bonds. The van der Waals surface area contributed by atoms with Gasteiger partial charge in [-0.3, -0.25) is 9.69 Å². The van der Waals surface area contributed by atoms with Crippen LogP contribution < -0.4 is 5.73 Å². The topological polar surface area (TPSA) is 66.6 Å². The van der Waals surface area contributed by atoms with Crippen LogP contribution in [0.5, 0.6) is 0 Å². The van der Waals surface area contributed by atoms with Crippen molar-refractivity contribution >= 4 is 5.91 Å². The third-order valence-corrected chi connectivity index (χ3v) is 2.36. The molecule has 0 aromatic carbocycles. The molecule has 0 spiro atoms. The number of carbonyl (C=O) groups is 1. The molecule has 0 fully saturated rings.